The summed E-state index contributed by atoms with van der Waals surface area (Å²) in [5.74, 6) is 0.875. The number of aryl methyl sites for hydroxylation is 2. The second-order valence-electron chi connectivity index (χ2n) is 6.61. The zero-order valence-electron chi connectivity index (χ0n) is 13.2. The lowest BCUT2D eigenvalue weighted by molar-refractivity contribution is 0.0836. The van der Waals surface area contributed by atoms with E-state index in [1.165, 1.54) is 42.3 Å². The van der Waals surface area contributed by atoms with Crippen molar-refractivity contribution in [2.75, 3.05) is 19.6 Å². The van der Waals surface area contributed by atoms with Crippen LogP contribution in [0, 0.1) is 12.8 Å². The van der Waals surface area contributed by atoms with Gasteiger partial charge < -0.3 is 5.32 Å². The second kappa shape index (κ2) is 6.80. The lowest BCUT2D eigenvalue weighted by Gasteiger charge is -2.42. The molecule has 1 saturated carbocycles. The highest BCUT2D eigenvalue weighted by Crippen LogP contribution is 2.31. The molecule has 1 aromatic heterocycles. The zero-order valence-corrected chi connectivity index (χ0v) is 14.8. The molecule has 2 fully saturated rings. The molecule has 5 heteroatoms. The molecule has 0 aromatic carbocycles. The molecule has 0 amide bonds. The summed E-state index contributed by atoms with van der Waals surface area (Å²) in [5.41, 5.74) is 2.41. The highest BCUT2D eigenvalue weighted by Gasteiger charge is 2.31. The minimum Gasteiger partial charge on any atom is -0.314 e. The molecule has 1 aliphatic heterocycles. The van der Waals surface area contributed by atoms with Crippen molar-refractivity contribution in [1.29, 1.82) is 0 Å². The van der Waals surface area contributed by atoms with Gasteiger partial charge in [-0.25, -0.2) is 0 Å². The van der Waals surface area contributed by atoms with Crippen molar-refractivity contribution in [3.63, 3.8) is 0 Å². The molecule has 1 saturated heterocycles. The molecule has 21 heavy (non-hydrogen) atoms. The smallest absolute Gasteiger partial charge is 0.0739 e. The van der Waals surface area contributed by atoms with E-state index in [0.717, 1.165) is 37.8 Å². The highest BCUT2D eigenvalue weighted by molar-refractivity contribution is 9.10. The standard InChI is InChI=1S/C16H27BrN4/c1-12-16(17)15(20(2)19-12)11-21-9-8-18-10-14(21)13-6-4-3-5-7-13/h13-14,18H,3-11H2,1-2H3. The van der Waals surface area contributed by atoms with E-state index >= 15 is 0 Å². The van der Waals surface area contributed by atoms with Crippen molar-refractivity contribution in [1.82, 2.24) is 20.0 Å². The molecule has 118 valence electrons. The number of halogens is 1. The first kappa shape index (κ1) is 15.5. The van der Waals surface area contributed by atoms with E-state index in [4.69, 9.17) is 0 Å². The normalized spacial score (nSPS) is 25.4. The Morgan fingerprint density at radius 1 is 1.29 bits per heavy atom. The third kappa shape index (κ3) is 3.35. The molecular weight excluding hydrogens is 328 g/mol. The van der Waals surface area contributed by atoms with Gasteiger partial charge in [-0.15, -0.1) is 0 Å². The molecule has 3 rings (SSSR count). The van der Waals surface area contributed by atoms with E-state index in [1.54, 1.807) is 0 Å². The van der Waals surface area contributed by atoms with Crippen LogP contribution in [-0.4, -0.2) is 40.4 Å². The van der Waals surface area contributed by atoms with Gasteiger partial charge in [-0.1, -0.05) is 19.3 Å². The van der Waals surface area contributed by atoms with E-state index in [2.05, 4.69) is 45.2 Å². The van der Waals surface area contributed by atoms with E-state index in [1.807, 2.05) is 4.68 Å². The Bertz CT molecular complexity index is 479. The molecule has 1 unspecified atom stereocenters. The Kier molecular flexibility index (Phi) is 5.02. The highest BCUT2D eigenvalue weighted by atomic mass is 79.9. The van der Waals surface area contributed by atoms with Gasteiger partial charge in [0.1, 0.15) is 0 Å². The number of nitrogens with one attached hydrogen (secondary N) is 1. The average molecular weight is 355 g/mol. The number of hydrogen-bond acceptors (Lipinski definition) is 3. The van der Waals surface area contributed by atoms with Crippen molar-refractivity contribution < 1.29 is 0 Å². The summed E-state index contributed by atoms with van der Waals surface area (Å²) in [6.45, 7) is 6.50. The summed E-state index contributed by atoms with van der Waals surface area (Å²) in [6, 6.07) is 0.696. The van der Waals surface area contributed by atoms with Gasteiger partial charge >= 0.3 is 0 Å². The maximum atomic E-state index is 4.54. The fourth-order valence-corrected chi connectivity index (χ4v) is 4.45. The van der Waals surface area contributed by atoms with Crippen LogP contribution in [0.4, 0.5) is 0 Å². The fourth-order valence-electron chi connectivity index (χ4n) is 3.99. The van der Waals surface area contributed by atoms with Crippen LogP contribution < -0.4 is 5.32 Å². The predicted octanol–water partition coefficient (Wildman–Crippen LogP) is 2.85. The largest absolute Gasteiger partial charge is 0.314 e. The van der Waals surface area contributed by atoms with Gasteiger partial charge in [-0.05, 0) is 41.6 Å². The number of piperazine rings is 1. The van der Waals surface area contributed by atoms with E-state index in [-0.39, 0.29) is 0 Å². The monoisotopic (exact) mass is 354 g/mol. The molecule has 4 nitrogen and oxygen atoms in total. The van der Waals surface area contributed by atoms with Crippen LogP contribution in [0.2, 0.25) is 0 Å². The van der Waals surface area contributed by atoms with Gasteiger partial charge in [-0.3, -0.25) is 9.58 Å². The van der Waals surface area contributed by atoms with Crippen LogP contribution in [0.1, 0.15) is 43.5 Å². The maximum Gasteiger partial charge on any atom is 0.0739 e. The molecule has 1 aliphatic carbocycles. The Morgan fingerprint density at radius 2 is 2.05 bits per heavy atom. The number of nitrogens with zero attached hydrogens (tertiary/aromatic N) is 3. The summed E-state index contributed by atoms with van der Waals surface area (Å²) in [4.78, 5) is 2.69. The number of rotatable bonds is 3. The maximum absolute atomic E-state index is 4.54. The first-order chi connectivity index (χ1) is 10.2. The van der Waals surface area contributed by atoms with Crippen LogP contribution in [0.5, 0.6) is 0 Å². The minimum atomic E-state index is 0.696. The lowest BCUT2D eigenvalue weighted by Crippen LogP contribution is -2.54. The van der Waals surface area contributed by atoms with Gasteiger partial charge in [0.05, 0.1) is 15.9 Å². The van der Waals surface area contributed by atoms with Crippen molar-refractivity contribution in [2.45, 2.75) is 51.6 Å². The molecule has 1 atom stereocenters. The average Bonchev–Trinajstić information content (AvgIpc) is 2.75. The Labute approximate surface area is 136 Å². The van der Waals surface area contributed by atoms with Crippen LogP contribution in [0.3, 0.4) is 0 Å². The Balaban J connectivity index is 1.74. The number of aromatic nitrogens is 2. The first-order valence-corrected chi connectivity index (χ1v) is 9.09. The second-order valence-corrected chi connectivity index (χ2v) is 7.40. The molecule has 0 radical (unpaired) electrons. The Morgan fingerprint density at radius 3 is 2.71 bits per heavy atom. The zero-order chi connectivity index (χ0) is 14.8. The van der Waals surface area contributed by atoms with Crippen molar-refractivity contribution in [3.05, 3.63) is 15.9 Å². The quantitative estimate of drug-likeness (QED) is 0.905. The summed E-state index contributed by atoms with van der Waals surface area (Å²) < 4.78 is 3.23. The molecule has 2 heterocycles. The molecule has 1 N–H and O–H groups in total. The van der Waals surface area contributed by atoms with Crippen LogP contribution in [0.25, 0.3) is 0 Å². The van der Waals surface area contributed by atoms with Gasteiger partial charge in [0.15, 0.2) is 0 Å². The first-order valence-electron chi connectivity index (χ1n) is 8.29. The summed E-state index contributed by atoms with van der Waals surface area (Å²) in [5, 5.41) is 8.15. The number of hydrogen-bond donors (Lipinski definition) is 1. The summed E-state index contributed by atoms with van der Waals surface area (Å²) in [7, 11) is 2.06. The topological polar surface area (TPSA) is 33.1 Å². The molecule has 0 spiro atoms. The van der Waals surface area contributed by atoms with Crippen LogP contribution in [0.15, 0.2) is 4.47 Å². The van der Waals surface area contributed by atoms with Gasteiger partial charge in [-0.2, -0.15) is 5.10 Å². The van der Waals surface area contributed by atoms with Crippen LogP contribution in [-0.2, 0) is 13.6 Å². The van der Waals surface area contributed by atoms with Gasteiger partial charge in [0.2, 0.25) is 0 Å². The summed E-state index contributed by atoms with van der Waals surface area (Å²) >= 11 is 3.72. The third-order valence-corrected chi connectivity index (χ3v) is 6.24. The van der Waals surface area contributed by atoms with Crippen molar-refractivity contribution >= 4 is 15.9 Å². The van der Waals surface area contributed by atoms with E-state index in [9.17, 15) is 0 Å². The predicted molar refractivity (Wildman–Crippen MR) is 89.3 cm³/mol. The molecule has 2 aliphatic rings. The lowest BCUT2D eigenvalue weighted by atomic mass is 9.82. The van der Waals surface area contributed by atoms with Gasteiger partial charge in [0.25, 0.3) is 0 Å². The molecule has 0 bridgehead atoms. The van der Waals surface area contributed by atoms with Gasteiger partial charge in [0, 0.05) is 39.3 Å². The summed E-state index contributed by atoms with van der Waals surface area (Å²) in [6.07, 6.45) is 7.10. The van der Waals surface area contributed by atoms with Crippen molar-refractivity contribution in [3.8, 4) is 0 Å². The Hall–Kier alpha value is -0.390. The third-order valence-electron chi connectivity index (χ3n) is 5.21. The van der Waals surface area contributed by atoms with Crippen molar-refractivity contribution in [2.24, 2.45) is 13.0 Å². The molecular formula is C16H27BrN4. The molecule has 1 aromatic rings. The minimum absolute atomic E-state index is 0.696. The van der Waals surface area contributed by atoms with Crippen LogP contribution >= 0.6 is 15.9 Å². The fraction of sp³-hybridized carbons (Fsp3) is 0.812. The van der Waals surface area contributed by atoms with E-state index < -0.39 is 0 Å². The SMILES string of the molecule is Cc1nn(C)c(CN2CCNCC2C2CCCCC2)c1Br. The van der Waals surface area contributed by atoms with E-state index in [0.29, 0.717) is 6.04 Å².